The molecule has 1 N–H and O–H groups in total. The van der Waals surface area contributed by atoms with E-state index in [0.717, 1.165) is 5.52 Å². The minimum absolute atomic E-state index is 0.419. The van der Waals surface area contributed by atoms with Crippen LogP contribution in [0.4, 0.5) is 0 Å². The van der Waals surface area contributed by atoms with Crippen LogP contribution in [0.1, 0.15) is 0 Å². The fourth-order valence-electron chi connectivity index (χ4n) is 1.35. The molecule has 15 heavy (non-hydrogen) atoms. The first-order valence-corrected chi connectivity index (χ1v) is 7.37. The molecule has 80 valence electrons. The van der Waals surface area contributed by atoms with E-state index >= 15 is 0 Å². The van der Waals surface area contributed by atoms with Gasteiger partial charge < -0.3 is 9.11 Å². The van der Waals surface area contributed by atoms with Crippen molar-refractivity contribution >= 4 is 33.4 Å². The summed E-state index contributed by atoms with van der Waals surface area (Å²) in [5, 5.41) is 0.419. The smallest absolute Gasteiger partial charge is 0.321 e. The van der Waals surface area contributed by atoms with Crippen molar-refractivity contribution in [1.29, 1.82) is 0 Å². The molecule has 2 unspecified atom stereocenters. The van der Waals surface area contributed by atoms with Crippen LogP contribution in [-0.2, 0) is 22.4 Å². The Labute approximate surface area is 93.5 Å². The molecule has 0 saturated heterocycles. The Hall–Kier alpha value is -0.690. The Bertz CT molecular complexity index is 482. The second-order valence-electron chi connectivity index (χ2n) is 3.10. The molecule has 0 aliphatic rings. The summed E-state index contributed by atoms with van der Waals surface area (Å²) in [4.78, 5) is 7.80. The Morgan fingerprint density at radius 3 is 2.53 bits per heavy atom. The molecule has 0 bridgehead atoms. The first kappa shape index (κ1) is 10.8. The van der Waals surface area contributed by atoms with E-state index < -0.39 is 22.4 Å². The van der Waals surface area contributed by atoms with Crippen LogP contribution < -0.4 is 0 Å². The van der Waals surface area contributed by atoms with Gasteiger partial charge in [0.2, 0.25) is 0 Å². The lowest BCUT2D eigenvalue weighted by Crippen LogP contribution is -2.00. The molecule has 2 aromatic rings. The summed E-state index contributed by atoms with van der Waals surface area (Å²) in [5.41, 5.74) is 1.41. The number of hydrogen-bond acceptors (Lipinski definition) is 3. The third-order valence-electron chi connectivity index (χ3n) is 2.04. The minimum Gasteiger partial charge on any atom is -0.612 e. The molecule has 6 heteroatoms. The van der Waals surface area contributed by atoms with E-state index in [1.54, 1.807) is 24.6 Å². The van der Waals surface area contributed by atoms with E-state index in [2.05, 4.69) is 9.97 Å². The van der Waals surface area contributed by atoms with Gasteiger partial charge in [-0.15, -0.1) is 0 Å². The highest BCUT2D eigenvalue weighted by atomic mass is 32.2. The second-order valence-corrected chi connectivity index (χ2v) is 5.75. The van der Waals surface area contributed by atoms with Crippen molar-refractivity contribution < 1.29 is 9.11 Å². The Morgan fingerprint density at radius 1 is 1.20 bits per heavy atom. The lowest BCUT2D eigenvalue weighted by molar-refractivity contribution is 0.593. The number of nitrogens with zero attached hydrogens (tertiary/aromatic N) is 1. The molecule has 2 rings (SSSR count). The summed E-state index contributed by atoms with van der Waals surface area (Å²) in [5.74, 6) is 0. The summed E-state index contributed by atoms with van der Waals surface area (Å²) < 4.78 is 22.7. The molecular weight excluding hydrogens is 232 g/mol. The molecule has 2 atom stereocenters. The fourth-order valence-corrected chi connectivity index (χ4v) is 2.52. The Kier molecular flexibility index (Phi) is 2.92. The first-order valence-electron chi connectivity index (χ1n) is 4.25. The molecule has 1 heterocycles. The van der Waals surface area contributed by atoms with Crippen LogP contribution in [0.15, 0.2) is 28.3 Å². The van der Waals surface area contributed by atoms with Gasteiger partial charge in [-0.1, -0.05) is 6.07 Å². The van der Waals surface area contributed by atoms with Crippen LogP contribution in [0.3, 0.4) is 0 Å². The third-order valence-corrected chi connectivity index (χ3v) is 3.72. The maximum atomic E-state index is 11.4. The van der Waals surface area contributed by atoms with E-state index in [-0.39, 0.29) is 0 Å². The van der Waals surface area contributed by atoms with Gasteiger partial charge in [0.05, 0.1) is 5.52 Å². The molecular formula is C9H10N2O2S2. The number of H-pyrrole nitrogens is 1. The van der Waals surface area contributed by atoms with Gasteiger partial charge in [0, 0.05) is 11.2 Å². The molecule has 1 aromatic carbocycles. The standard InChI is InChI=1S/C9H10N2O2S2/c1-14(12)7-5-3-4-6-8(7)11-9(10-6)15(2)13/h3-5H,1-2H3,(H,10,11). The number of nitrogens with one attached hydrogen (secondary N) is 1. The number of para-hydroxylation sites is 1. The molecule has 0 spiro atoms. The average Bonchev–Trinajstić information content (AvgIpc) is 2.60. The van der Waals surface area contributed by atoms with Crippen molar-refractivity contribution in [1.82, 2.24) is 9.97 Å². The van der Waals surface area contributed by atoms with Gasteiger partial charge in [-0.05, 0) is 23.3 Å². The zero-order valence-electron chi connectivity index (χ0n) is 8.31. The Balaban J connectivity index is 2.64. The number of aromatic amines is 1. The molecule has 0 fully saturated rings. The average molecular weight is 242 g/mol. The van der Waals surface area contributed by atoms with Crippen molar-refractivity contribution in [3.8, 4) is 0 Å². The van der Waals surface area contributed by atoms with Gasteiger partial charge in [-0.3, -0.25) is 4.98 Å². The Morgan fingerprint density at radius 2 is 1.93 bits per heavy atom. The highest BCUT2D eigenvalue weighted by Gasteiger charge is 2.17. The fraction of sp³-hybridized carbons (Fsp3) is 0.222. The number of hydrogen-bond donors (Lipinski definition) is 1. The SMILES string of the molecule is C[S+]([O-])c1nc2c([S+](C)[O-])cccc2[nH]1. The molecule has 0 radical (unpaired) electrons. The van der Waals surface area contributed by atoms with E-state index in [0.29, 0.717) is 15.6 Å². The van der Waals surface area contributed by atoms with Gasteiger partial charge >= 0.3 is 5.16 Å². The van der Waals surface area contributed by atoms with Gasteiger partial charge in [0.25, 0.3) is 0 Å². The summed E-state index contributed by atoms with van der Waals surface area (Å²) >= 11 is -2.23. The summed E-state index contributed by atoms with van der Waals surface area (Å²) in [6.45, 7) is 0. The summed E-state index contributed by atoms with van der Waals surface area (Å²) in [6, 6.07) is 5.40. The zero-order chi connectivity index (χ0) is 11.0. The minimum atomic E-state index is -1.15. The molecule has 0 amide bonds. The largest absolute Gasteiger partial charge is 0.612 e. The zero-order valence-corrected chi connectivity index (χ0v) is 9.95. The van der Waals surface area contributed by atoms with Crippen LogP contribution >= 0.6 is 0 Å². The van der Waals surface area contributed by atoms with E-state index in [1.807, 2.05) is 6.07 Å². The van der Waals surface area contributed by atoms with Crippen molar-refractivity contribution in [2.24, 2.45) is 0 Å². The predicted octanol–water partition coefficient (Wildman–Crippen LogP) is 1.04. The van der Waals surface area contributed by atoms with Crippen molar-refractivity contribution in [2.45, 2.75) is 10.1 Å². The monoisotopic (exact) mass is 242 g/mol. The lowest BCUT2D eigenvalue weighted by Gasteiger charge is -2.03. The maximum Gasteiger partial charge on any atom is 0.321 e. The number of benzene rings is 1. The molecule has 1 aromatic heterocycles. The van der Waals surface area contributed by atoms with Crippen LogP contribution in [0.5, 0.6) is 0 Å². The summed E-state index contributed by atoms with van der Waals surface area (Å²) in [6.07, 6.45) is 3.16. The molecule has 4 nitrogen and oxygen atoms in total. The normalized spacial score (nSPS) is 15.5. The van der Waals surface area contributed by atoms with Crippen molar-refractivity contribution in [3.05, 3.63) is 18.2 Å². The summed E-state index contributed by atoms with van der Waals surface area (Å²) in [7, 11) is 0. The molecule has 0 aliphatic carbocycles. The highest BCUT2D eigenvalue weighted by molar-refractivity contribution is 7.91. The number of fused-ring (bicyclic) bond motifs is 1. The first-order chi connectivity index (χ1) is 7.09. The number of imidazole rings is 1. The van der Waals surface area contributed by atoms with Gasteiger partial charge in [0.15, 0.2) is 4.90 Å². The van der Waals surface area contributed by atoms with Crippen LogP contribution in [0, 0.1) is 0 Å². The van der Waals surface area contributed by atoms with Crippen molar-refractivity contribution in [2.75, 3.05) is 12.5 Å². The second kappa shape index (κ2) is 4.05. The van der Waals surface area contributed by atoms with Crippen LogP contribution in [-0.4, -0.2) is 31.6 Å². The topological polar surface area (TPSA) is 74.8 Å². The van der Waals surface area contributed by atoms with Gasteiger partial charge in [-0.25, -0.2) is 0 Å². The van der Waals surface area contributed by atoms with E-state index in [4.69, 9.17) is 0 Å². The third kappa shape index (κ3) is 1.98. The maximum absolute atomic E-state index is 11.4. The van der Waals surface area contributed by atoms with Crippen LogP contribution in [0.2, 0.25) is 0 Å². The van der Waals surface area contributed by atoms with E-state index in [1.165, 1.54) is 0 Å². The van der Waals surface area contributed by atoms with Gasteiger partial charge in [-0.2, -0.15) is 4.98 Å². The van der Waals surface area contributed by atoms with Crippen molar-refractivity contribution in [3.63, 3.8) is 0 Å². The van der Waals surface area contributed by atoms with Crippen LogP contribution in [0.25, 0.3) is 11.0 Å². The number of rotatable bonds is 2. The molecule has 0 saturated carbocycles. The lowest BCUT2D eigenvalue weighted by atomic mass is 10.3. The highest BCUT2D eigenvalue weighted by Crippen LogP contribution is 2.22. The van der Waals surface area contributed by atoms with Gasteiger partial charge in [0.1, 0.15) is 18.0 Å². The predicted molar refractivity (Wildman–Crippen MR) is 60.8 cm³/mol. The molecule has 0 aliphatic heterocycles. The quantitative estimate of drug-likeness (QED) is 0.799. The number of aromatic nitrogens is 2. The van der Waals surface area contributed by atoms with E-state index in [9.17, 15) is 9.11 Å².